The van der Waals surface area contributed by atoms with Gasteiger partial charge in [0.2, 0.25) is 5.95 Å². The van der Waals surface area contributed by atoms with Crippen LogP contribution < -0.4 is 10.6 Å². The summed E-state index contributed by atoms with van der Waals surface area (Å²) in [6, 6.07) is 3.70. The van der Waals surface area contributed by atoms with Gasteiger partial charge < -0.3 is 20.1 Å². The number of carbonyl (C=O) groups is 1. The van der Waals surface area contributed by atoms with E-state index in [0.29, 0.717) is 24.8 Å². The Morgan fingerprint density at radius 1 is 1.39 bits per heavy atom. The molecule has 4 heterocycles. The molecule has 28 heavy (non-hydrogen) atoms. The summed E-state index contributed by atoms with van der Waals surface area (Å²) in [4.78, 5) is 20.5. The molecule has 146 valence electrons. The number of rotatable bonds is 5. The fraction of sp³-hybridized carbons (Fsp3) is 0.444. The first-order chi connectivity index (χ1) is 13.6. The van der Waals surface area contributed by atoms with Gasteiger partial charge >= 0.3 is 6.09 Å². The third kappa shape index (κ3) is 3.38. The number of carbonyl (C=O) groups excluding carboxylic acids is 1. The summed E-state index contributed by atoms with van der Waals surface area (Å²) < 4.78 is 13.1. The Morgan fingerprint density at radius 2 is 2.29 bits per heavy atom. The van der Waals surface area contributed by atoms with Crippen LogP contribution in [0.3, 0.4) is 0 Å². The smallest absolute Gasteiger partial charge is 0.407 e. The molecule has 10 nitrogen and oxygen atoms in total. The van der Waals surface area contributed by atoms with Gasteiger partial charge in [0.05, 0.1) is 12.3 Å². The van der Waals surface area contributed by atoms with Gasteiger partial charge in [-0.1, -0.05) is 0 Å². The summed E-state index contributed by atoms with van der Waals surface area (Å²) in [5.74, 6) is 1.24. The summed E-state index contributed by atoms with van der Waals surface area (Å²) in [7, 11) is 0. The molecule has 3 aromatic rings. The lowest BCUT2D eigenvalue weighted by atomic mass is 10.1. The number of nitrogens with one attached hydrogen (secondary N) is 3. The molecule has 0 radical (unpaired) electrons. The van der Waals surface area contributed by atoms with Crippen LogP contribution in [0.2, 0.25) is 0 Å². The minimum absolute atomic E-state index is 0.0912. The van der Waals surface area contributed by atoms with E-state index in [9.17, 15) is 4.79 Å². The van der Waals surface area contributed by atoms with Crippen LogP contribution in [0, 0.1) is 0 Å². The number of amides is 1. The van der Waals surface area contributed by atoms with Crippen molar-refractivity contribution in [3.63, 3.8) is 0 Å². The van der Waals surface area contributed by atoms with Crippen LogP contribution >= 0.6 is 0 Å². The summed E-state index contributed by atoms with van der Waals surface area (Å²) >= 11 is 0. The quantitative estimate of drug-likeness (QED) is 0.618. The highest BCUT2D eigenvalue weighted by Gasteiger charge is 2.40. The maximum atomic E-state index is 12.0. The molecule has 1 amide bonds. The predicted molar refractivity (Wildman–Crippen MR) is 99.2 cm³/mol. The predicted octanol–water partition coefficient (Wildman–Crippen LogP) is 2.30. The van der Waals surface area contributed by atoms with Gasteiger partial charge in [0, 0.05) is 36.6 Å². The van der Waals surface area contributed by atoms with E-state index in [4.69, 9.17) is 9.47 Å². The molecular formula is C18H21N7O3. The zero-order valence-electron chi connectivity index (χ0n) is 15.4. The standard InChI is InChI=1S/C18H21N7O3/c1-18(3-4-18)22-17(26)28-11-8-13(27-10-11)12-9-14(24-23-12)21-16-20-5-2-15-19-6-7-25(15)16/h2,5-7,9,11,13H,3-4,8,10H2,1H3,(H,22,26)(H2,20,21,23,24). The van der Waals surface area contributed by atoms with Gasteiger partial charge in [0.15, 0.2) is 5.82 Å². The Hall–Kier alpha value is -3.14. The number of ether oxygens (including phenoxy) is 2. The number of H-pyrrole nitrogens is 1. The Labute approximate surface area is 160 Å². The molecular weight excluding hydrogens is 362 g/mol. The maximum absolute atomic E-state index is 12.0. The summed E-state index contributed by atoms with van der Waals surface area (Å²) in [5, 5.41) is 13.3. The third-order valence-electron chi connectivity index (χ3n) is 5.14. The topological polar surface area (TPSA) is 118 Å². The second-order valence-corrected chi connectivity index (χ2v) is 7.53. The van der Waals surface area contributed by atoms with Gasteiger partial charge in [-0.2, -0.15) is 5.10 Å². The number of aromatic nitrogens is 5. The number of anilines is 2. The molecule has 2 unspecified atom stereocenters. The van der Waals surface area contributed by atoms with Crippen molar-refractivity contribution in [3.8, 4) is 0 Å². The van der Waals surface area contributed by atoms with Crippen molar-refractivity contribution in [1.82, 2.24) is 29.9 Å². The van der Waals surface area contributed by atoms with Crippen molar-refractivity contribution in [2.75, 3.05) is 11.9 Å². The molecule has 3 aromatic heterocycles. The first-order valence-electron chi connectivity index (χ1n) is 9.29. The number of fused-ring (bicyclic) bond motifs is 1. The zero-order valence-corrected chi connectivity index (χ0v) is 15.4. The lowest BCUT2D eigenvalue weighted by Crippen LogP contribution is -2.37. The second kappa shape index (κ2) is 6.48. The first kappa shape index (κ1) is 17.0. The molecule has 10 heteroatoms. The Kier molecular flexibility index (Phi) is 3.93. The Morgan fingerprint density at radius 3 is 3.14 bits per heavy atom. The summed E-state index contributed by atoms with van der Waals surface area (Å²) in [6.45, 7) is 2.38. The normalized spacial score (nSPS) is 22.9. The average Bonchev–Trinajstić information content (AvgIpc) is 3.13. The number of alkyl carbamates (subject to hydrolysis) is 1. The largest absolute Gasteiger partial charge is 0.444 e. The number of nitrogens with zero attached hydrogens (tertiary/aromatic N) is 4. The van der Waals surface area contributed by atoms with Gasteiger partial charge in [0.25, 0.3) is 0 Å². The molecule has 3 N–H and O–H groups in total. The molecule has 5 rings (SSSR count). The first-order valence-corrected chi connectivity index (χ1v) is 9.29. The van der Waals surface area contributed by atoms with Crippen LogP contribution in [0.15, 0.2) is 30.7 Å². The van der Waals surface area contributed by atoms with E-state index in [0.717, 1.165) is 24.2 Å². The van der Waals surface area contributed by atoms with E-state index < -0.39 is 0 Å². The van der Waals surface area contributed by atoms with Gasteiger partial charge in [-0.05, 0) is 25.8 Å². The van der Waals surface area contributed by atoms with Crippen molar-refractivity contribution < 1.29 is 14.3 Å². The van der Waals surface area contributed by atoms with Crippen molar-refractivity contribution in [2.45, 2.75) is 43.9 Å². The van der Waals surface area contributed by atoms with E-state index in [1.165, 1.54) is 0 Å². The number of hydrogen-bond donors (Lipinski definition) is 3. The molecule has 2 fully saturated rings. The lowest BCUT2D eigenvalue weighted by molar-refractivity contribution is 0.0675. The number of hydrogen-bond acceptors (Lipinski definition) is 7. The van der Waals surface area contributed by atoms with Gasteiger partial charge in [0.1, 0.15) is 17.9 Å². The molecule has 1 aliphatic carbocycles. The molecule has 0 bridgehead atoms. The van der Waals surface area contributed by atoms with Gasteiger partial charge in [-0.3, -0.25) is 9.50 Å². The highest BCUT2D eigenvalue weighted by atomic mass is 16.6. The fourth-order valence-corrected chi connectivity index (χ4v) is 3.26. The van der Waals surface area contributed by atoms with Gasteiger partial charge in [-0.25, -0.2) is 14.8 Å². The second-order valence-electron chi connectivity index (χ2n) is 7.53. The molecule has 1 aliphatic heterocycles. The highest BCUT2D eigenvalue weighted by molar-refractivity contribution is 5.69. The number of aromatic amines is 1. The van der Waals surface area contributed by atoms with Crippen LogP contribution in [0.5, 0.6) is 0 Å². The molecule has 1 saturated heterocycles. The minimum Gasteiger partial charge on any atom is -0.444 e. The van der Waals surface area contributed by atoms with E-state index in [1.54, 1.807) is 12.4 Å². The van der Waals surface area contributed by atoms with Crippen LogP contribution in [0.25, 0.3) is 5.65 Å². The zero-order chi connectivity index (χ0) is 19.1. The summed E-state index contributed by atoms with van der Waals surface area (Å²) in [6.07, 6.45) is 6.96. The molecule has 0 aromatic carbocycles. The van der Waals surface area contributed by atoms with Crippen LogP contribution in [0.4, 0.5) is 16.6 Å². The van der Waals surface area contributed by atoms with Crippen LogP contribution in [-0.4, -0.2) is 48.9 Å². The van der Waals surface area contributed by atoms with E-state index >= 15 is 0 Å². The average molecular weight is 383 g/mol. The molecule has 2 atom stereocenters. The molecule has 1 saturated carbocycles. The molecule has 0 spiro atoms. The van der Waals surface area contributed by atoms with Crippen molar-refractivity contribution >= 4 is 23.5 Å². The maximum Gasteiger partial charge on any atom is 0.407 e. The van der Waals surface area contributed by atoms with E-state index in [1.807, 2.05) is 29.7 Å². The van der Waals surface area contributed by atoms with Gasteiger partial charge in [-0.15, -0.1) is 0 Å². The van der Waals surface area contributed by atoms with Crippen LogP contribution in [0.1, 0.15) is 38.0 Å². The van der Waals surface area contributed by atoms with Crippen molar-refractivity contribution in [3.05, 3.63) is 36.4 Å². The fourth-order valence-electron chi connectivity index (χ4n) is 3.26. The number of imidazole rings is 1. The summed E-state index contributed by atoms with van der Waals surface area (Å²) in [5.41, 5.74) is 1.53. The van der Waals surface area contributed by atoms with E-state index in [-0.39, 0.29) is 23.8 Å². The van der Waals surface area contributed by atoms with Crippen molar-refractivity contribution in [1.29, 1.82) is 0 Å². The minimum atomic E-state index is -0.374. The monoisotopic (exact) mass is 383 g/mol. The Balaban J connectivity index is 1.20. The van der Waals surface area contributed by atoms with E-state index in [2.05, 4.69) is 30.8 Å². The van der Waals surface area contributed by atoms with Crippen molar-refractivity contribution in [2.24, 2.45) is 0 Å². The Bertz CT molecular complexity index is 1010. The molecule has 2 aliphatic rings. The lowest BCUT2D eigenvalue weighted by Gasteiger charge is -2.15. The SMILES string of the molecule is CC1(NC(=O)OC2COC(c3cc(Nc4nccc5nccn45)n[nH]3)C2)CC1. The highest BCUT2D eigenvalue weighted by Crippen LogP contribution is 2.35. The third-order valence-corrected chi connectivity index (χ3v) is 5.14. The van der Waals surface area contributed by atoms with Crippen LogP contribution in [-0.2, 0) is 9.47 Å².